The molecule has 26 heavy (non-hydrogen) atoms. The number of ketones is 1. The van der Waals surface area contributed by atoms with Crippen molar-refractivity contribution < 1.29 is 33.2 Å². The summed E-state index contributed by atoms with van der Waals surface area (Å²) < 4.78 is 31.6. The molecule has 2 aromatic carbocycles. The maximum absolute atomic E-state index is 13.1. The van der Waals surface area contributed by atoms with Crippen molar-refractivity contribution in [3.8, 4) is 23.0 Å². The summed E-state index contributed by atoms with van der Waals surface area (Å²) in [6, 6.07) is 10.2. The van der Waals surface area contributed by atoms with Crippen LogP contribution < -0.4 is 18.9 Å². The quantitative estimate of drug-likeness (QED) is 0.475. The highest BCUT2D eigenvalue weighted by molar-refractivity contribution is 6.13. The Morgan fingerprint density at radius 3 is 2.08 bits per heavy atom. The molecule has 0 spiro atoms. The second-order valence-electron chi connectivity index (χ2n) is 5.10. The van der Waals surface area contributed by atoms with Gasteiger partial charge in [-0.2, -0.15) is 0 Å². The lowest BCUT2D eigenvalue weighted by molar-refractivity contribution is 0.0478. The number of ether oxygens (including phenoxy) is 6. The van der Waals surface area contributed by atoms with Gasteiger partial charge < -0.3 is 28.4 Å². The third-order valence-corrected chi connectivity index (χ3v) is 3.53. The molecule has 0 aliphatic rings. The Hall–Kier alpha value is -2.77. The number of methoxy groups -OCH3 is 4. The largest absolute Gasteiger partial charge is 0.493 e. The zero-order valence-corrected chi connectivity index (χ0v) is 15.2. The molecule has 7 heteroatoms. The van der Waals surface area contributed by atoms with E-state index in [1.807, 2.05) is 0 Å². The molecule has 0 heterocycles. The molecule has 0 bridgehead atoms. The number of rotatable bonds is 10. The fraction of sp³-hybridized carbons (Fsp3) is 0.316. The van der Waals surface area contributed by atoms with Crippen LogP contribution in [0.5, 0.6) is 23.0 Å². The standard InChI is InChI=1S/C19H22O7/c1-21-11-25-15-8-6-5-7-13(15)17(20)14-9-10-16(23-3)19(24-4)18(14)26-12-22-2/h5-10H,11-12H2,1-4H3. The maximum atomic E-state index is 13.1. The molecular formula is C19H22O7. The molecule has 0 N–H and O–H groups in total. The Bertz CT molecular complexity index is 743. The molecule has 0 amide bonds. The van der Waals surface area contributed by atoms with Crippen molar-refractivity contribution in [2.24, 2.45) is 0 Å². The van der Waals surface area contributed by atoms with Crippen LogP contribution in [0.2, 0.25) is 0 Å². The third kappa shape index (κ3) is 4.25. The first kappa shape index (κ1) is 19.6. The van der Waals surface area contributed by atoms with Crippen molar-refractivity contribution in [1.29, 1.82) is 0 Å². The normalized spacial score (nSPS) is 10.3. The van der Waals surface area contributed by atoms with Crippen molar-refractivity contribution in [2.45, 2.75) is 0 Å². The van der Waals surface area contributed by atoms with Gasteiger partial charge in [0.1, 0.15) is 5.75 Å². The molecule has 0 atom stereocenters. The van der Waals surface area contributed by atoms with Crippen LogP contribution in [0.25, 0.3) is 0 Å². The van der Waals surface area contributed by atoms with E-state index in [-0.39, 0.29) is 25.1 Å². The van der Waals surface area contributed by atoms with E-state index in [9.17, 15) is 4.79 Å². The molecule has 0 unspecified atom stereocenters. The van der Waals surface area contributed by atoms with Gasteiger partial charge in [0.15, 0.2) is 25.1 Å². The summed E-state index contributed by atoms with van der Waals surface area (Å²) in [5, 5.41) is 0. The van der Waals surface area contributed by atoms with Crippen molar-refractivity contribution in [3.05, 3.63) is 47.5 Å². The number of para-hydroxylation sites is 1. The van der Waals surface area contributed by atoms with E-state index in [2.05, 4.69) is 0 Å². The first-order chi connectivity index (χ1) is 12.7. The average Bonchev–Trinajstić information content (AvgIpc) is 2.69. The highest BCUT2D eigenvalue weighted by Gasteiger charge is 2.24. The second kappa shape index (κ2) is 9.65. The molecule has 140 valence electrons. The van der Waals surface area contributed by atoms with Crippen molar-refractivity contribution in [2.75, 3.05) is 42.0 Å². The molecular weight excluding hydrogens is 340 g/mol. The van der Waals surface area contributed by atoms with Crippen LogP contribution in [0, 0.1) is 0 Å². The van der Waals surface area contributed by atoms with Gasteiger partial charge in [-0.25, -0.2) is 0 Å². The minimum absolute atomic E-state index is 0.0310. The lowest BCUT2D eigenvalue weighted by Crippen LogP contribution is -2.11. The second-order valence-corrected chi connectivity index (χ2v) is 5.10. The Balaban J connectivity index is 2.52. The lowest BCUT2D eigenvalue weighted by atomic mass is 10.0. The van der Waals surface area contributed by atoms with Crippen LogP contribution in [0.3, 0.4) is 0 Å². The van der Waals surface area contributed by atoms with Crippen molar-refractivity contribution in [3.63, 3.8) is 0 Å². The van der Waals surface area contributed by atoms with Gasteiger partial charge in [0.05, 0.1) is 25.3 Å². The molecule has 7 nitrogen and oxygen atoms in total. The third-order valence-electron chi connectivity index (χ3n) is 3.53. The SMILES string of the molecule is COCOc1ccccc1C(=O)c1ccc(OC)c(OC)c1OCOC. The van der Waals surface area contributed by atoms with E-state index >= 15 is 0 Å². The predicted molar refractivity (Wildman–Crippen MR) is 94.4 cm³/mol. The Labute approximate surface area is 152 Å². The van der Waals surface area contributed by atoms with Crippen LogP contribution in [-0.4, -0.2) is 47.8 Å². The predicted octanol–water partition coefficient (Wildman–Crippen LogP) is 2.90. The zero-order chi connectivity index (χ0) is 18.9. The highest BCUT2D eigenvalue weighted by Crippen LogP contribution is 2.41. The van der Waals surface area contributed by atoms with Gasteiger partial charge in [0.25, 0.3) is 0 Å². The molecule has 0 fully saturated rings. The summed E-state index contributed by atoms with van der Waals surface area (Å²) >= 11 is 0. The Kier molecular flexibility index (Phi) is 7.25. The number of carbonyl (C=O) groups is 1. The lowest BCUT2D eigenvalue weighted by Gasteiger charge is -2.17. The minimum Gasteiger partial charge on any atom is -0.493 e. The van der Waals surface area contributed by atoms with Crippen molar-refractivity contribution >= 4 is 5.78 Å². The fourth-order valence-corrected chi connectivity index (χ4v) is 2.39. The van der Waals surface area contributed by atoms with Gasteiger partial charge in [-0.15, -0.1) is 0 Å². The van der Waals surface area contributed by atoms with E-state index in [0.29, 0.717) is 28.4 Å². The van der Waals surface area contributed by atoms with E-state index in [1.165, 1.54) is 28.4 Å². The first-order valence-electron chi connectivity index (χ1n) is 7.80. The van der Waals surface area contributed by atoms with E-state index in [4.69, 9.17) is 28.4 Å². The van der Waals surface area contributed by atoms with Crippen LogP contribution in [0.1, 0.15) is 15.9 Å². The topological polar surface area (TPSA) is 72.5 Å². The number of benzene rings is 2. The summed E-state index contributed by atoms with van der Waals surface area (Å²) in [4.78, 5) is 13.1. The Morgan fingerprint density at radius 1 is 0.731 bits per heavy atom. The summed E-state index contributed by atoms with van der Waals surface area (Å²) in [6.45, 7) is -0.0190. The van der Waals surface area contributed by atoms with Crippen molar-refractivity contribution in [1.82, 2.24) is 0 Å². The van der Waals surface area contributed by atoms with Gasteiger partial charge >= 0.3 is 0 Å². The molecule has 2 aromatic rings. The zero-order valence-electron chi connectivity index (χ0n) is 15.2. The first-order valence-corrected chi connectivity index (χ1v) is 7.80. The molecule has 0 radical (unpaired) electrons. The molecule has 0 aromatic heterocycles. The fourth-order valence-electron chi connectivity index (χ4n) is 2.39. The average molecular weight is 362 g/mol. The number of hydrogen-bond donors (Lipinski definition) is 0. The van der Waals surface area contributed by atoms with Crippen LogP contribution in [0.4, 0.5) is 0 Å². The van der Waals surface area contributed by atoms with E-state index in [0.717, 1.165) is 0 Å². The van der Waals surface area contributed by atoms with Crippen LogP contribution in [0.15, 0.2) is 36.4 Å². The Morgan fingerprint density at radius 2 is 1.42 bits per heavy atom. The van der Waals surface area contributed by atoms with Gasteiger partial charge in [-0.1, -0.05) is 12.1 Å². The van der Waals surface area contributed by atoms with Crippen LogP contribution in [-0.2, 0) is 9.47 Å². The smallest absolute Gasteiger partial charge is 0.204 e. The molecule has 0 saturated heterocycles. The molecule has 2 rings (SSSR count). The molecule has 0 saturated carbocycles. The van der Waals surface area contributed by atoms with Gasteiger partial charge in [-0.3, -0.25) is 4.79 Å². The van der Waals surface area contributed by atoms with Gasteiger partial charge in [0, 0.05) is 14.2 Å². The summed E-state index contributed by atoms with van der Waals surface area (Å²) in [5.41, 5.74) is 0.673. The van der Waals surface area contributed by atoms with Crippen LogP contribution >= 0.6 is 0 Å². The monoisotopic (exact) mass is 362 g/mol. The van der Waals surface area contributed by atoms with E-state index < -0.39 is 0 Å². The summed E-state index contributed by atoms with van der Waals surface area (Å²) in [6.07, 6.45) is 0. The number of hydrogen-bond acceptors (Lipinski definition) is 7. The highest BCUT2D eigenvalue weighted by atomic mass is 16.7. The molecule has 0 aliphatic heterocycles. The van der Waals surface area contributed by atoms with Gasteiger partial charge in [-0.05, 0) is 24.3 Å². The van der Waals surface area contributed by atoms with E-state index in [1.54, 1.807) is 36.4 Å². The minimum atomic E-state index is -0.288. The summed E-state index contributed by atoms with van der Waals surface area (Å²) in [7, 11) is 5.98. The van der Waals surface area contributed by atoms with Gasteiger partial charge in [0.2, 0.25) is 11.5 Å². The maximum Gasteiger partial charge on any atom is 0.204 e. The summed E-state index contributed by atoms with van der Waals surface area (Å²) in [5.74, 6) is 1.11. The molecule has 0 aliphatic carbocycles. The number of carbonyl (C=O) groups excluding carboxylic acids is 1.